The first-order valence-electron chi connectivity index (χ1n) is 7.13. The number of amides is 1. The molecule has 0 aliphatic rings. The van der Waals surface area contributed by atoms with Crippen molar-refractivity contribution in [3.63, 3.8) is 0 Å². The molecule has 0 aliphatic heterocycles. The van der Waals surface area contributed by atoms with Crippen molar-refractivity contribution < 1.29 is 4.79 Å². The Bertz CT molecular complexity index is 864. The van der Waals surface area contributed by atoms with Gasteiger partial charge in [-0.1, -0.05) is 41.7 Å². The SMILES string of the molecule is Cc1csc(=O)n1CC(=O)Nc1cnn(Cc2ccccc2)c1. The van der Waals surface area contributed by atoms with Gasteiger partial charge < -0.3 is 5.32 Å². The third-order valence-electron chi connectivity index (χ3n) is 3.38. The third-order valence-corrected chi connectivity index (χ3v) is 4.26. The van der Waals surface area contributed by atoms with Crippen LogP contribution in [0.5, 0.6) is 0 Å². The quantitative estimate of drug-likeness (QED) is 0.780. The standard InChI is InChI=1S/C16H16N4O2S/c1-12-11-23-16(22)20(12)10-15(21)18-14-7-17-19(9-14)8-13-5-3-2-4-6-13/h2-7,9,11H,8,10H2,1H3,(H,18,21). The fourth-order valence-corrected chi connectivity index (χ4v) is 2.96. The second kappa shape index (κ2) is 6.62. The number of aromatic nitrogens is 3. The van der Waals surface area contributed by atoms with Gasteiger partial charge in [0, 0.05) is 17.3 Å². The summed E-state index contributed by atoms with van der Waals surface area (Å²) in [5, 5.41) is 8.74. The van der Waals surface area contributed by atoms with Gasteiger partial charge in [0.1, 0.15) is 6.54 Å². The van der Waals surface area contributed by atoms with Gasteiger partial charge in [-0.2, -0.15) is 5.10 Å². The second-order valence-electron chi connectivity index (χ2n) is 5.19. The number of nitrogens with zero attached hydrogens (tertiary/aromatic N) is 3. The molecular weight excluding hydrogens is 312 g/mol. The number of benzene rings is 1. The van der Waals surface area contributed by atoms with E-state index in [-0.39, 0.29) is 17.3 Å². The second-order valence-corrected chi connectivity index (χ2v) is 6.01. The van der Waals surface area contributed by atoms with Crippen molar-refractivity contribution in [1.82, 2.24) is 14.3 Å². The molecule has 0 bridgehead atoms. The fraction of sp³-hybridized carbons (Fsp3) is 0.188. The lowest BCUT2D eigenvalue weighted by molar-refractivity contribution is -0.116. The van der Waals surface area contributed by atoms with Crippen molar-refractivity contribution in [2.45, 2.75) is 20.0 Å². The van der Waals surface area contributed by atoms with Crippen LogP contribution in [0.2, 0.25) is 0 Å². The summed E-state index contributed by atoms with van der Waals surface area (Å²) in [6, 6.07) is 9.95. The van der Waals surface area contributed by atoms with E-state index < -0.39 is 0 Å². The Morgan fingerprint density at radius 1 is 1.30 bits per heavy atom. The normalized spacial score (nSPS) is 10.7. The van der Waals surface area contributed by atoms with Crippen molar-refractivity contribution >= 4 is 22.9 Å². The maximum absolute atomic E-state index is 12.0. The van der Waals surface area contributed by atoms with Crippen molar-refractivity contribution in [2.24, 2.45) is 0 Å². The molecule has 118 valence electrons. The van der Waals surface area contributed by atoms with E-state index >= 15 is 0 Å². The zero-order valence-electron chi connectivity index (χ0n) is 12.6. The molecule has 0 atom stereocenters. The minimum Gasteiger partial charge on any atom is -0.322 e. The van der Waals surface area contributed by atoms with E-state index in [0.29, 0.717) is 12.2 Å². The molecule has 1 N–H and O–H groups in total. The Balaban J connectivity index is 1.62. The van der Waals surface area contributed by atoms with Crippen LogP contribution < -0.4 is 10.2 Å². The molecule has 0 saturated carbocycles. The maximum Gasteiger partial charge on any atom is 0.307 e. The van der Waals surface area contributed by atoms with Crippen LogP contribution in [0.4, 0.5) is 5.69 Å². The lowest BCUT2D eigenvalue weighted by Crippen LogP contribution is -2.25. The molecule has 7 heteroatoms. The molecule has 1 amide bonds. The summed E-state index contributed by atoms with van der Waals surface area (Å²) in [7, 11) is 0. The van der Waals surface area contributed by atoms with E-state index in [1.165, 1.54) is 4.57 Å². The number of carbonyl (C=O) groups excluding carboxylic acids is 1. The molecule has 1 aromatic carbocycles. The number of nitrogens with one attached hydrogen (secondary N) is 1. The molecule has 0 aliphatic carbocycles. The average Bonchev–Trinajstić information content (AvgIpc) is 3.09. The zero-order valence-corrected chi connectivity index (χ0v) is 13.4. The summed E-state index contributed by atoms with van der Waals surface area (Å²) >= 11 is 1.10. The topological polar surface area (TPSA) is 68.9 Å². The largest absolute Gasteiger partial charge is 0.322 e. The first-order valence-corrected chi connectivity index (χ1v) is 8.01. The highest BCUT2D eigenvalue weighted by atomic mass is 32.1. The number of anilines is 1. The molecule has 6 nitrogen and oxygen atoms in total. The van der Waals surface area contributed by atoms with Gasteiger partial charge in [-0.15, -0.1) is 0 Å². The molecule has 0 saturated heterocycles. The van der Waals surface area contributed by atoms with E-state index in [1.807, 2.05) is 37.3 Å². The van der Waals surface area contributed by atoms with Gasteiger partial charge in [0.2, 0.25) is 5.91 Å². The van der Waals surface area contributed by atoms with Gasteiger partial charge in [0.05, 0.1) is 18.4 Å². The molecule has 23 heavy (non-hydrogen) atoms. The minimum atomic E-state index is -0.243. The lowest BCUT2D eigenvalue weighted by Gasteiger charge is -2.04. The summed E-state index contributed by atoms with van der Waals surface area (Å²) in [5.74, 6) is -0.243. The van der Waals surface area contributed by atoms with Crippen molar-refractivity contribution in [2.75, 3.05) is 5.32 Å². The Morgan fingerprint density at radius 3 is 2.78 bits per heavy atom. The van der Waals surface area contributed by atoms with Gasteiger partial charge in [-0.3, -0.25) is 18.8 Å². The van der Waals surface area contributed by atoms with Crippen LogP contribution in [0.1, 0.15) is 11.3 Å². The van der Waals surface area contributed by atoms with Crippen LogP contribution in [0, 0.1) is 6.92 Å². The van der Waals surface area contributed by atoms with Crippen LogP contribution in [-0.4, -0.2) is 20.3 Å². The van der Waals surface area contributed by atoms with Crippen molar-refractivity contribution in [3.05, 3.63) is 69.0 Å². The Morgan fingerprint density at radius 2 is 2.09 bits per heavy atom. The minimum absolute atomic E-state index is 0.0119. The summed E-state index contributed by atoms with van der Waals surface area (Å²) in [5.41, 5.74) is 2.54. The Kier molecular flexibility index (Phi) is 4.38. The van der Waals surface area contributed by atoms with Crippen LogP contribution in [0.15, 0.2) is 52.9 Å². The monoisotopic (exact) mass is 328 g/mol. The highest BCUT2D eigenvalue weighted by Crippen LogP contribution is 2.08. The lowest BCUT2D eigenvalue weighted by atomic mass is 10.2. The van der Waals surface area contributed by atoms with Gasteiger partial charge in [-0.05, 0) is 12.5 Å². The number of aryl methyl sites for hydroxylation is 1. The first-order chi connectivity index (χ1) is 11.1. The van der Waals surface area contributed by atoms with E-state index in [9.17, 15) is 9.59 Å². The van der Waals surface area contributed by atoms with E-state index in [1.54, 1.807) is 22.5 Å². The predicted molar refractivity (Wildman–Crippen MR) is 89.7 cm³/mol. The molecule has 2 aromatic heterocycles. The van der Waals surface area contributed by atoms with Gasteiger partial charge in [0.15, 0.2) is 0 Å². The molecule has 0 unspecified atom stereocenters. The Hall–Kier alpha value is -2.67. The van der Waals surface area contributed by atoms with Crippen molar-refractivity contribution in [3.8, 4) is 0 Å². The van der Waals surface area contributed by atoms with E-state index in [4.69, 9.17) is 0 Å². The van der Waals surface area contributed by atoms with Gasteiger partial charge in [0.25, 0.3) is 0 Å². The number of hydrogen-bond donors (Lipinski definition) is 1. The number of rotatable bonds is 5. The maximum atomic E-state index is 12.0. The van der Waals surface area contributed by atoms with Crippen LogP contribution >= 0.6 is 11.3 Å². The summed E-state index contributed by atoms with van der Waals surface area (Å²) in [6.07, 6.45) is 3.37. The summed E-state index contributed by atoms with van der Waals surface area (Å²) < 4.78 is 3.21. The van der Waals surface area contributed by atoms with Crippen LogP contribution in [0.3, 0.4) is 0 Å². The Labute approximate surface area is 137 Å². The van der Waals surface area contributed by atoms with Crippen LogP contribution in [0.25, 0.3) is 0 Å². The zero-order chi connectivity index (χ0) is 16.2. The van der Waals surface area contributed by atoms with Crippen molar-refractivity contribution in [1.29, 1.82) is 0 Å². The highest BCUT2D eigenvalue weighted by Gasteiger charge is 2.09. The van der Waals surface area contributed by atoms with E-state index in [2.05, 4.69) is 10.4 Å². The summed E-state index contributed by atoms with van der Waals surface area (Å²) in [4.78, 5) is 23.5. The molecule has 0 fully saturated rings. The molecule has 0 spiro atoms. The number of carbonyl (C=O) groups is 1. The fourth-order valence-electron chi connectivity index (χ4n) is 2.23. The average molecular weight is 328 g/mol. The molecule has 0 radical (unpaired) electrons. The van der Waals surface area contributed by atoms with Crippen LogP contribution in [-0.2, 0) is 17.9 Å². The van der Waals surface area contributed by atoms with Gasteiger partial charge >= 0.3 is 4.87 Å². The first kappa shape index (κ1) is 15.2. The summed E-state index contributed by atoms with van der Waals surface area (Å²) in [6.45, 7) is 2.46. The number of thiazole rings is 1. The highest BCUT2D eigenvalue weighted by molar-refractivity contribution is 7.07. The molecule has 3 aromatic rings. The molecule has 3 rings (SSSR count). The number of hydrogen-bond acceptors (Lipinski definition) is 4. The third kappa shape index (κ3) is 3.75. The predicted octanol–water partition coefficient (Wildman–Crippen LogP) is 2.10. The molecule has 2 heterocycles. The van der Waals surface area contributed by atoms with E-state index in [0.717, 1.165) is 22.6 Å². The van der Waals surface area contributed by atoms with Gasteiger partial charge in [-0.25, -0.2) is 0 Å². The smallest absolute Gasteiger partial charge is 0.307 e. The molecular formula is C16H16N4O2S.